The summed E-state index contributed by atoms with van der Waals surface area (Å²) in [6, 6.07) is 16.5. The van der Waals surface area contributed by atoms with Crippen molar-refractivity contribution in [3.05, 3.63) is 70.8 Å². The van der Waals surface area contributed by atoms with Crippen molar-refractivity contribution in [1.29, 1.82) is 0 Å². The van der Waals surface area contributed by atoms with Gasteiger partial charge in [-0.05, 0) is 61.4 Å². The summed E-state index contributed by atoms with van der Waals surface area (Å²) in [5.41, 5.74) is 4.58. The van der Waals surface area contributed by atoms with Gasteiger partial charge in [-0.15, -0.1) is 0 Å². The minimum Gasteiger partial charge on any atom is -0.465 e. The summed E-state index contributed by atoms with van der Waals surface area (Å²) in [7, 11) is 1.42. The first-order valence-electron chi connectivity index (χ1n) is 8.42. The van der Waals surface area contributed by atoms with Gasteiger partial charge < -0.3 is 4.74 Å². The van der Waals surface area contributed by atoms with E-state index < -0.39 is 0 Å². The third kappa shape index (κ3) is 5.55. The van der Waals surface area contributed by atoms with E-state index in [9.17, 15) is 4.79 Å². The third-order valence-electron chi connectivity index (χ3n) is 4.27. The Morgan fingerprint density at radius 3 is 2.26 bits per heavy atom. The number of carbonyl (C=O) groups excluding carboxylic acids is 1. The smallest absolute Gasteiger partial charge is 0.337 e. The number of hydrogen-bond donors (Lipinski definition) is 0. The van der Waals surface area contributed by atoms with Gasteiger partial charge in [0.15, 0.2) is 0 Å². The molecule has 0 saturated heterocycles. The summed E-state index contributed by atoms with van der Waals surface area (Å²) < 4.78 is 4.75. The first kappa shape index (κ1) is 17.3. The second-order valence-electron chi connectivity index (χ2n) is 6.03. The number of hydrogen-bond acceptors (Lipinski definition) is 2. The van der Waals surface area contributed by atoms with Gasteiger partial charge in [-0.1, -0.05) is 49.2 Å². The molecular weight excluding hydrogens is 284 g/mol. The Hall–Kier alpha value is -2.09. The number of ether oxygens (including phenoxy) is 1. The molecule has 2 heteroatoms. The summed E-state index contributed by atoms with van der Waals surface area (Å²) in [6.07, 6.45) is 7.24. The topological polar surface area (TPSA) is 26.3 Å². The second-order valence-corrected chi connectivity index (χ2v) is 6.03. The van der Waals surface area contributed by atoms with Crippen molar-refractivity contribution in [3.8, 4) is 0 Å². The number of esters is 1. The van der Waals surface area contributed by atoms with E-state index in [-0.39, 0.29) is 5.97 Å². The van der Waals surface area contributed by atoms with Gasteiger partial charge >= 0.3 is 5.97 Å². The highest BCUT2D eigenvalue weighted by Gasteiger charge is 2.07. The average molecular weight is 310 g/mol. The van der Waals surface area contributed by atoms with E-state index in [1.54, 1.807) is 0 Å². The lowest BCUT2D eigenvalue weighted by molar-refractivity contribution is 0.0600. The molecule has 0 bridgehead atoms. The monoisotopic (exact) mass is 310 g/mol. The largest absolute Gasteiger partial charge is 0.465 e. The van der Waals surface area contributed by atoms with E-state index >= 15 is 0 Å². The Morgan fingerprint density at radius 2 is 1.61 bits per heavy atom. The van der Waals surface area contributed by atoms with Crippen LogP contribution in [-0.2, 0) is 17.6 Å². The Labute approximate surface area is 139 Å². The van der Waals surface area contributed by atoms with Crippen LogP contribution in [0, 0.1) is 6.92 Å². The van der Waals surface area contributed by atoms with Crippen LogP contribution in [0.1, 0.15) is 52.7 Å². The number of benzene rings is 2. The average Bonchev–Trinajstić information content (AvgIpc) is 2.59. The van der Waals surface area contributed by atoms with Crippen LogP contribution < -0.4 is 0 Å². The minimum atomic E-state index is -0.263. The van der Waals surface area contributed by atoms with Crippen LogP contribution in [0.25, 0.3) is 0 Å². The van der Waals surface area contributed by atoms with Crippen LogP contribution in [0.3, 0.4) is 0 Å². The molecule has 2 aromatic rings. The SMILES string of the molecule is COC(=O)c1ccc(CCCCCCc2ccccc2)c(C)c1. The first-order valence-corrected chi connectivity index (χ1v) is 8.42. The van der Waals surface area contributed by atoms with E-state index in [0.717, 1.165) is 6.42 Å². The summed E-state index contributed by atoms with van der Waals surface area (Å²) in [5, 5.41) is 0. The Morgan fingerprint density at radius 1 is 0.913 bits per heavy atom. The van der Waals surface area contributed by atoms with Gasteiger partial charge in [-0.2, -0.15) is 0 Å². The molecule has 0 heterocycles. The highest BCUT2D eigenvalue weighted by Crippen LogP contribution is 2.16. The van der Waals surface area contributed by atoms with Gasteiger partial charge in [0.1, 0.15) is 0 Å². The molecule has 2 aromatic carbocycles. The molecule has 0 aliphatic carbocycles. The molecule has 0 spiro atoms. The highest BCUT2D eigenvalue weighted by atomic mass is 16.5. The molecule has 0 amide bonds. The standard InChI is InChI=1S/C21H26O2/c1-17-16-20(21(22)23-2)15-14-19(17)13-9-4-3-6-10-18-11-7-5-8-12-18/h5,7-8,11-12,14-16H,3-4,6,9-10,13H2,1-2H3. The van der Waals surface area contributed by atoms with Crippen molar-refractivity contribution in [2.75, 3.05) is 7.11 Å². The molecule has 2 nitrogen and oxygen atoms in total. The zero-order valence-electron chi connectivity index (χ0n) is 14.2. The van der Waals surface area contributed by atoms with Crippen molar-refractivity contribution in [3.63, 3.8) is 0 Å². The molecule has 0 radical (unpaired) electrons. The predicted molar refractivity (Wildman–Crippen MR) is 94.8 cm³/mol. The summed E-state index contributed by atoms with van der Waals surface area (Å²) in [6.45, 7) is 2.07. The van der Waals surface area contributed by atoms with Gasteiger partial charge in [0, 0.05) is 0 Å². The number of unbranched alkanes of at least 4 members (excludes halogenated alkanes) is 3. The van der Waals surface area contributed by atoms with Gasteiger partial charge in [0.25, 0.3) is 0 Å². The summed E-state index contributed by atoms with van der Waals surface area (Å²) in [5.74, 6) is -0.263. The lowest BCUT2D eigenvalue weighted by Gasteiger charge is -2.08. The van der Waals surface area contributed by atoms with Crippen LogP contribution in [-0.4, -0.2) is 13.1 Å². The van der Waals surface area contributed by atoms with Gasteiger partial charge in [-0.25, -0.2) is 4.79 Å². The number of carbonyl (C=O) groups is 1. The molecule has 0 fully saturated rings. The van der Waals surface area contributed by atoms with E-state index in [1.165, 1.54) is 55.9 Å². The Balaban J connectivity index is 1.69. The predicted octanol–water partition coefficient (Wildman–Crippen LogP) is 5.13. The molecule has 0 unspecified atom stereocenters. The quantitative estimate of drug-likeness (QED) is 0.499. The molecule has 122 valence electrons. The van der Waals surface area contributed by atoms with Gasteiger partial charge in [0.2, 0.25) is 0 Å². The highest BCUT2D eigenvalue weighted by molar-refractivity contribution is 5.89. The molecule has 0 saturated carbocycles. The number of rotatable bonds is 8. The molecule has 23 heavy (non-hydrogen) atoms. The maximum Gasteiger partial charge on any atom is 0.337 e. The maximum absolute atomic E-state index is 11.5. The molecule has 0 atom stereocenters. The lowest BCUT2D eigenvalue weighted by atomic mass is 9.99. The normalized spacial score (nSPS) is 10.5. The van der Waals surface area contributed by atoms with Gasteiger partial charge in [0.05, 0.1) is 12.7 Å². The Kier molecular flexibility index (Phi) is 6.86. The zero-order chi connectivity index (χ0) is 16.5. The van der Waals surface area contributed by atoms with Crippen molar-refractivity contribution in [2.45, 2.75) is 45.4 Å². The molecule has 0 aromatic heterocycles. The zero-order valence-corrected chi connectivity index (χ0v) is 14.2. The fourth-order valence-electron chi connectivity index (χ4n) is 2.86. The van der Waals surface area contributed by atoms with E-state index in [4.69, 9.17) is 4.74 Å². The summed E-state index contributed by atoms with van der Waals surface area (Å²) >= 11 is 0. The molecule has 0 N–H and O–H groups in total. The molecule has 2 rings (SSSR count). The maximum atomic E-state index is 11.5. The first-order chi connectivity index (χ1) is 11.2. The lowest BCUT2D eigenvalue weighted by Crippen LogP contribution is -2.02. The van der Waals surface area contributed by atoms with Crippen LogP contribution >= 0.6 is 0 Å². The van der Waals surface area contributed by atoms with Crippen LogP contribution in [0.2, 0.25) is 0 Å². The van der Waals surface area contributed by atoms with Crippen molar-refractivity contribution >= 4 is 5.97 Å². The Bertz CT molecular complexity index is 617. The molecule has 0 aliphatic rings. The van der Waals surface area contributed by atoms with Crippen molar-refractivity contribution < 1.29 is 9.53 Å². The van der Waals surface area contributed by atoms with E-state index in [1.807, 2.05) is 12.1 Å². The fraction of sp³-hybridized carbons (Fsp3) is 0.381. The molecular formula is C21H26O2. The minimum absolute atomic E-state index is 0.263. The second kappa shape index (κ2) is 9.14. The van der Waals surface area contributed by atoms with Crippen LogP contribution in [0.4, 0.5) is 0 Å². The van der Waals surface area contributed by atoms with Crippen molar-refractivity contribution in [1.82, 2.24) is 0 Å². The van der Waals surface area contributed by atoms with Crippen molar-refractivity contribution in [2.24, 2.45) is 0 Å². The third-order valence-corrected chi connectivity index (χ3v) is 4.27. The van der Waals surface area contributed by atoms with Crippen LogP contribution in [0.15, 0.2) is 48.5 Å². The van der Waals surface area contributed by atoms with Crippen LogP contribution in [0.5, 0.6) is 0 Å². The van der Waals surface area contributed by atoms with E-state index in [2.05, 4.69) is 43.3 Å². The molecule has 0 aliphatic heterocycles. The summed E-state index contributed by atoms with van der Waals surface area (Å²) in [4.78, 5) is 11.5. The number of methoxy groups -OCH3 is 1. The number of aryl methyl sites for hydroxylation is 3. The fourth-order valence-corrected chi connectivity index (χ4v) is 2.86. The van der Waals surface area contributed by atoms with E-state index in [0.29, 0.717) is 5.56 Å². The van der Waals surface area contributed by atoms with Gasteiger partial charge in [-0.3, -0.25) is 0 Å².